The lowest BCUT2D eigenvalue weighted by molar-refractivity contribution is -0.192. The number of hydrogen-bond acceptors (Lipinski definition) is 6. The van der Waals surface area contributed by atoms with Crippen LogP contribution in [0.4, 0.5) is 24.8 Å². The summed E-state index contributed by atoms with van der Waals surface area (Å²) in [4.78, 5) is 23.4. The Morgan fingerprint density at radius 2 is 1.62 bits per heavy atom. The van der Waals surface area contributed by atoms with Crippen LogP contribution in [0.25, 0.3) is 11.0 Å². The molecule has 7 nitrogen and oxygen atoms in total. The Bertz CT molecular complexity index is 1280. The first kappa shape index (κ1) is 27.5. The number of piperazine rings is 1. The highest BCUT2D eigenvalue weighted by Gasteiger charge is 2.38. The third-order valence-corrected chi connectivity index (χ3v) is 6.91. The van der Waals surface area contributed by atoms with E-state index < -0.39 is 12.1 Å². The Hall–Kier alpha value is -2.53. The molecule has 2 heterocycles. The number of para-hydroxylation sites is 2. The SMILES string of the molecule is Clc1cc(Cl)c(Cl)c(CN2CCN(c3nc4ccccc4nc3NC3CC3)CC2)c1.O=C(O)C(F)(F)F. The third-order valence-electron chi connectivity index (χ3n) is 5.85. The van der Waals surface area contributed by atoms with E-state index in [1.807, 2.05) is 30.3 Å². The van der Waals surface area contributed by atoms with Crippen molar-refractivity contribution in [3.63, 3.8) is 0 Å². The number of aliphatic carboxylic acids is 1. The molecule has 1 aromatic heterocycles. The number of nitrogens with one attached hydrogen (secondary N) is 1. The van der Waals surface area contributed by atoms with E-state index in [1.165, 1.54) is 12.8 Å². The zero-order valence-corrected chi connectivity index (χ0v) is 21.7. The molecule has 13 heteroatoms. The normalized spacial score (nSPS) is 16.3. The van der Waals surface area contributed by atoms with Gasteiger partial charge in [-0.2, -0.15) is 13.2 Å². The zero-order chi connectivity index (χ0) is 26.7. The molecule has 2 N–H and O–H groups in total. The Morgan fingerprint density at radius 3 is 2.19 bits per heavy atom. The Balaban J connectivity index is 0.000000405. The van der Waals surface area contributed by atoms with Gasteiger partial charge in [-0.3, -0.25) is 4.90 Å². The molecule has 0 amide bonds. The standard InChI is InChI=1S/C22H22Cl3N5.C2HF3O2/c23-15-11-14(20(25)17(24)12-15)13-29-7-9-30(10-8-29)22-21(26-16-5-6-16)27-18-3-1-2-4-19(18)28-22;3-2(4,5)1(6)7/h1-4,11-12,16H,5-10,13H2,(H,26,27);(H,6,7). The van der Waals surface area contributed by atoms with E-state index in [4.69, 9.17) is 54.7 Å². The number of carbonyl (C=O) groups is 1. The summed E-state index contributed by atoms with van der Waals surface area (Å²) in [5.74, 6) is -0.911. The Labute approximate surface area is 226 Å². The van der Waals surface area contributed by atoms with E-state index in [0.717, 1.165) is 61.0 Å². The summed E-state index contributed by atoms with van der Waals surface area (Å²) in [5, 5.41) is 12.4. The van der Waals surface area contributed by atoms with E-state index in [2.05, 4.69) is 15.1 Å². The molecule has 3 aromatic rings. The molecule has 37 heavy (non-hydrogen) atoms. The lowest BCUT2D eigenvalue weighted by Crippen LogP contribution is -2.46. The van der Waals surface area contributed by atoms with Crippen LogP contribution in [-0.4, -0.2) is 64.3 Å². The number of rotatable bonds is 5. The van der Waals surface area contributed by atoms with Crippen LogP contribution in [0.2, 0.25) is 15.1 Å². The highest BCUT2D eigenvalue weighted by Crippen LogP contribution is 2.33. The molecule has 5 rings (SSSR count). The fraction of sp³-hybridized carbons (Fsp3) is 0.375. The van der Waals surface area contributed by atoms with Crippen molar-refractivity contribution < 1.29 is 23.1 Å². The molecule has 1 saturated carbocycles. The second-order valence-electron chi connectivity index (χ2n) is 8.73. The molecule has 1 aliphatic heterocycles. The van der Waals surface area contributed by atoms with E-state index in [9.17, 15) is 13.2 Å². The molecule has 1 aliphatic carbocycles. The van der Waals surface area contributed by atoms with E-state index in [0.29, 0.717) is 21.1 Å². The zero-order valence-electron chi connectivity index (χ0n) is 19.4. The highest BCUT2D eigenvalue weighted by molar-refractivity contribution is 6.43. The van der Waals surface area contributed by atoms with Crippen molar-refractivity contribution in [1.29, 1.82) is 0 Å². The summed E-state index contributed by atoms with van der Waals surface area (Å²) in [6.45, 7) is 4.27. The van der Waals surface area contributed by atoms with Crippen LogP contribution < -0.4 is 10.2 Å². The van der Waals surface area contributed by atoms with Crippen molar-refractivity contribution in [1.82, 2.24) is 14.9 Å². The molecular weight excluding hydrogens is 554 g/mol. The summed E-state index contributed by atoms with van der Waals surface area (Å²) < 4.78 is 31.7. The van der Waals surface area contributed by atoms with E-state index in [-0.39, 0.29) is 0 Å². The second-order valence-corrected chi connectivity index (χ2v) is 9.95. The Morgan fingerprint density at radius 1 is 1.03 bits per heavy atom. The molecule has 0 atom stereocenters. The van der Waals surface area contributed by atoms with Crippen molar-refractivity contribution in [3.05, 3.63) is 57.0 Å². The van der Waals surface area contributed by atoms with Crippen molar-refractivity contribution in [3.8, 4) is 0 Å². The minimum atomic E-state index is -5.08. The van der Waals surface area contributed by atoms with Gasteiger partial charge in [-0.15, -0.1) is 0 Å². The van der Waals surface area contributed by atoms with Gasteiger partial charge in [0.1, 0.15) is 0 Å². The molecule has 2 fully saturated rings. The fourth-order valence-corrected chi connectivity index (χ4v) is 4.52. The average Bonchev–Trinajstić information content (AvgIpc) is 3.66. The van der Waals surface area contributed by atoms with Crippen LogP contribution in [0.15, 0.2) is 36.4 Å². The van der Waals surface area contributed by atoms with Crippen molar-refractivity contribution in [2.24, 2.45) is 0 Å². The van der Waals surface area contributed by atoms with Crippen LogP contribution in [0.3, 0.4) is 0 Å². The van der Waals surface area contributed by atoms with Crippen LogP contribution in [-0.2, 0) is 11.3 Å². The van der Waals surface area contributed by atoms with E-state index in [1.54, 1.807) is 6.07 Å². The second kappa shape index (κ2) is 11.5. The number of hydrogen-bond donors (Lipinski definition) is 2. The number of halogens is 6. The van der Waals surface area contributed by atoms with Crippen molar-refractivity contribution in [2.45, 2.75) is 31.6 Å². The van der Waals surface area contributed by atoms with Gasteiger partial charge in [0.05, 0.1) is 21.1 Å². The molecule has 0 spiro atoms. The average molecular weight is 577 g/mol. The summed E-state index contributed by atoms with van der Waals surface area (Å²) in [5.41, 5.74) is 2.82. The molecule has 0 bridgehead atoms. The molecule has 198 valence electrons. The number of anilines is 2. The Kier molecular flexibility index (Phi) is 8.52. The number of nitrogens with zero attached hydrogens (tertiary/aromatic N) is 4. The largest absolute Gasteiger partial charge is 0.490 e. The molecule has 0 unspecified atom stereocenters. The van der Waals surface area contributed by atoms with Crippen molar-refractivity contribution >= 4 is 63.4 Å². The minimum Gasteiger partial charge on any atom is -0.475 e. The molecule has 2 aliphatic rings. The lowest BCUT2D eigenvalue weighted by atomic mass is 10.2. The first-order valence-corrected chi connectivity index (χ1v) is 12.6. The minimum absolute atomic E-state index is 0.500. The number of alkyl halides is 3. The quantitative estimate of drug-likeness (QED) is 0.354. The number of benzene rings is 2. The van der Waals surface area contributed by atoms with Gasteiger partial charge in [0.2, 0.25) is 0 Å². The molecular formula is C24H23Cl3F3N5O2. The van der Waals surface area contributed by atoms with Crippen LogP contribution in [0.1, 0.15) is 18.4 Å². The summed E-state index contributed by atoms with van der Waals surface area (Å²) in [6.07, 6.45) is -2.69. The first-order chi connectivity index (χ1) is 17.5. The molecule has 0 radical (unpaired) electrons. The van der Waals surface area contributed by atoms with Gasteiger partial charge in [0, 0.05) is 43.8 Å². The summed E-state index contributed by atoms with van der Waals surface area (Å²) in [6, 6.07) is 12.1. The topological polar surface area (TPSA) is 81.6 Å². The van der Waals surface area contributed by atoms with Crippen molar-refractivity contribution in [2.75, 3.05) is 36.4 Å². The van der Waals surface area contributed by atoms with Gasteiger partial charge in [0.15, 0.2) is 11.6 Å². The molecule has 1 saturated heterocycles. The molecule has 2 aromatic carbocycles. The van der Waals surface area contributed by atoms with E-state index >= 15 is 0 Å². The number of carboxylic acid groups (broad SMARTS) is 1. The van der Waals surface area contributed by atoms with Crippen LogP contribution in [0.5, 0.6) is 0 Å². The number of carboxylic acids is 1. The summed E-state index contributed by atoms with van der Waals surface area (Å²) in [7, 11) is 0. The maximum Gasteiger partial charge on any atom is 0.490 e. The summed E-state index contributed by atoms with van der Waals surface area (Å²) >= 11 is 18.7. The van der Waals surface area contributed by atoms with Gasteiger partial charge in [-0.25, -0.2) is 14.8 Å². The van der Waals surface area contributed by atoms with Gasteiger partial charge in [-0.05, 0) is 42.7 Å². The van der Waals surface area contributed by atoms with Crippen LogP contribution in [0, 0.1) is 0 Å². The number of fused-ring (bicyclic) bond motifs is 1. The maximum absolute atomic E-state index is 10.6. The predicted molar refractivity (Wildman–Crippen MR) is 139 cm³/mol. The smallest absolute Gasteiger partial charge is 0.475 e. The lowest BCUT2D eigenvalue weighted by Gasteiger charge is -2.36. The van der Waals surface area contributed by atoms with Gasteiger partial charge >= 0.3 is 12.1 Å². The van der Waals surface area contributed by atoms with Gasteiger partial charge in [-0.1, -0.05) is 46.9 Å². The fourth-order valence-electron chi connectivity index (χ4n) is 3.81. The first-order valence-electron chi connectivity index (χ1n) is 11.5. The van der Waals surface area contributed by atoms with Gasteiger partial charge in [0.25, 0.3) is 0 Å². The maximum atomic E-state index is 10.6. The number of aromatic nitrogens is 2. The highest BCUT2D eigenvalue weighted by atomic mass is 35.5. The van der Waals surface area contributed by atoms with Gasteiger partial charge < -0.3 is 15.3 Å². The van der Waals surface area contributed by atoms with Crippen LogP contribution >= 0.6 is 34.8 Å². The predicted octanol–water partition coefficient (Wildman–Crippen LogP) is 6.12. The monoisotopic (exact) mass is 575 g/mol. The third kappa shape index (κ3) is 7.28.